The highest BCUT2D eigenvalue weighted by Gasteiger charge is 2.27. The van der Waals surface area contributed by atoms with Crippen molar-refractivity contribution in [2.24, 2.45) is 5.92 Å². The maximum Gasteiger partial charge on any atom is 0.315 e. The zero-order chi connectivity index (χ0) is 20.5. The Labute approximate surface area is 169 Å². The van der Waals surface area contributed by atoms with Gasteiger partial charge in [-0.2, -0.15) is 0 Å². The molecule has 1 aromatic carbocycles. The lowest BCUT2D eigenvalue weighted by Crippen LogP contribution is -2.43. The summed E-state index contributed by atoms with van der Waals surface area (Å²) in [6.45, 7) is 3.10. The van der Waals surface area contributed by atoms with E-state index in [4.69, 9.17) is 0 Å². The number of amides is 2. The maximum absolute atomic E-state index is 13.6. The normalized spacial score (nSPS) is 14.6. The monoisotopic (exact) mass is 410 g/mol. The molecule has 2 rings (SSSR count). The number of methoxy groups -OCH3 is 1. The van der Waals surface area contributed by atoms with Gasteiger partial charge in [-0.15, -0.1) is 11.8 Å². The number of aryl methyl sites for hydroxylation is 1. The molecule has 0 aromatic heterocycles. The van der Waals surface area contributed by atoms with Crippen LogP contribution in [0.25, 0.3) is 0 Å². The minimum Gasteiger partial charge on any atom is -0.468 e. The van der Waals surface area contributed by atoms with Gasteiger partial charge in [-0.1, -0.05) is 12.1 Å². The van der Waals surface area contributed by atoms with Crippen molar-refractivity contribution >= 4 is 29.5 Å². The number of ether oxygens (including phenoxy) is 1. The van der Waals surface area contributed by atoms with Crippen LogP contribution in [0, 0.1) is 18.7 Å². The number of benzene rings is 1. The Kier molecular flexibility index (Phi) is 8.76. The molecule has 1 N–H and O–H groups in total. The summed E-state index contributed by atoms with van der Waals surface area (Å²) in [4.78, 5) is 37.4. The molecule has 1 aliphatic rings. The molecular weight excluding hydrogens is 383 g/mol. The van der Waals surface area contributed by atoms with Crippen molar-refractivity contribution in [2.75, 3.05) is 31.7 Å². The van der Waals surface area contributed by atoms with Crippen LogP contribution in [0.3, 0.4) is 0 Å². The molecule has 0 saturated carbocycles. The molecule has 8 heteroatoms. The van der Waals surface area contributed by atoms with Crippen molar-refractivity contribution in [1.82, 2.24) is 10.2 Å². The highest BCUT2D eigenvalue weighted by atomic mass is 32.2. The number of carbonyl (C=O) groups is 3. The first-order chi connectivity index (χ1) is 13.4. The second kappa shape index (κ2) is 11.0. The third-order valence-corrected chi connectivity index (χ3v) is 5.76. The largest absolute Gasteiger partial charge is 0.468 e. The molecule has 0 unspecified atom stereocenters. The number of likely N-dealkylation sites (tertiary alicyclic amines) is 1. The van der Waals surface area contributed by atoms with E-state index in [9.17, 15) is 18.8 Å². The quantitative estimate of drug-likeness (QED) is 0.526. The van der Waals surface area contributed by atoms with Gasteiger partial charge in [-0.05, 0) is 37.0 Å². The van der Waals surface area contributed by atoms with Gasteiger partial charge < -0.3 is 15.0 Å². The molecule has 6 nitrogen and oxygen atoms in total. The lowest BCUT2D eigenvalue weighted by Gasteiger charge is -2.31. The molecule has 0 radical (unpaired) electrons. The highest BCUT2D eigenvalue weighted by Crippen LogP contribution is 2.19. The van der Waals surface area contributed by atoms with Crippen molar-refractivity contribution in [3.63, 3.8) is 0 Å². The summed E-state index contributed by atoms with van der Waals surface area (Å²) in [5, 5.41) is 2.86. The Morgan fingerprint density at radius 3 is 2.64 bits per heavy atom. The summed E-state index contributed by atoms with van der Waals surface area (Å²) < 4.78 is 18.1. The predicted molar refractivity (Wildman–Crippen MR) is 106 cm³/mol. The summed E-state index contributed by atoms with van der Waals surface area (Å²) in [5.74, 6) is 0.111. The van der Waals surface area contributed by atoms with E-state index in [1.165, 1.54) is 24.9 Å². The van der Waals surface area contributed by atoms with Crippen LogP contribution in [0.1, 0.15) is 30.4 Å². The maximum atomic E-state index is 13.6. The lowest BCUT2D eigenvalue weighted by molar-refractivity contribution is -0.137. The van der Waals surface area contributed by atoms with Crippen LogP contribution < -0.4 is 5.32 Å². The molecule has 0 bridgehead atoms. The van der Waals surface area contributed by atoms with Crippen molar-refractivity contribution in [1.29, 1.82) is 0 Å². The van der Waals surface area contributed by atoms with Gasteiger partial charge in [-0.3, -0.25) is 14.4 Å². The van der Waals surface area contributed by atoms with Gasteiger partial charge in [0, 0.05) is 37.7 Å². The van der Waals surface area contributed by atoms with Crippen LogP contribution in [0.15, 0.2) is 18.2 Å². The number of carbonyl (C=O) groups excluding carboxylic acids is 3. The highest BCUT2D eigenvalue weighted by molar-refractivity contribution is 7.99. The first kappa shape index (κ1) is 22.2. The van der Waals surface area contributed by atoms with Crippen LogP contribution in [-0.2, 0) is 25.7 Å². The molecule has 1 aromatic rings. The molecule has 0 aliphatic carbocycles. The summed E-state index contributed by atoms with van der Waals surface area (Å²) in [7, 11) is 1.34. The molecule has 1 fully saturated rings. The summed E-state index contributed by atoms with van der Waals surface area (Å²) >= 11 is 1.38. The minimum atomic E-state index is -0.294. The SMILES string of the molecule is COC(=O)CSCCC(=O)N1CCC(C(=O)NCc2ccc(C)c(F)c2)CC1. The van der Waals surface area contributed by atoms with Crippen molar-refractivity contribution in [3.05, 3.63) is 35.1 Å². The first-order valence-corrected chi connectivity index (χ1v) is 10.5. The number of hydrogen-bond donors (Lipinski definition) is 1. The zero-order valence-electron chi connectivity index (χ0n) is 16.3. The number of halogens is 1. The van der Waals surface area contributed by atoms with E-state index in [0.29, 0.717) is 50.2 Å². The zero-order valence-corrected chi connectivity index (χ0v) is 17.1. The Hall–Kier alpha value is -2.09. The van der Waals surface area contributed by atoms with Gasteiger partial charge in [0.05, 0.1) is 12.9 Å². The number of piperidine rings is 1. The van der Waals surface area contributed by atoms with E-state index < -0.39 is 0 Å². The molecule has 2 amide bonds. The number of thioether (sulfide) groups is 1. The second-order valence-electron chi connectivity index (χ2n) is 6.84. The lowest BCUT2D eigenvalue weighted by atomic mass is 9.95. The first-order valence-electron chi connectivity index (χ1n) is 9.35. The number of rotatable bonds is 8. The van der Waals surface area contributed by atoms with Crippen LogP contribution in [0.2, 0.25) is 0 Å². The van der Waals surface area contributed by atoms with Gasteiger partial charge in [0.15, 0.2) is 0 Å². The van der Waals surface area contributed by atoms with Crippen LogP contribution in [0.5, 0.6) is 0 Å². The molecule has 1 saturated heterocycles. The second-order valence-corrected chi connectivity index (χ2v) is 7.94. The van der Waals surface area contributed by atoms with E-state index in [0.717, 1.165) is 5.56 Å². The molecule has 0 spiro atoms. The third-order valence-electron chi connectivity index (χ3n) is 4.83. The Bertz CT molecular complexity index is 705. The Balaban J connectivity index is 1.67. The smallest absolute Gasteiger partial charge is 0.315 e. The molecule has 154 valence electrons. The standard InChI is InChI=1S/C20H27FN2O4S/c1-14-3-4-15(11-17(14)21)12-22-20(26)16-5-8-23(9-6-16)18(24)7-10-28-13-19(25)27-2/h3-4,11,16H,5-10,12-13H2,1-2H3,(H,22,26). The van der Waals surface area contributed by atoms with Crippen LogP contribution in [0.4, 0.5) is 4.39 Å². The number of esters is 1. The van der Waals surface area contributed by atoms with E-state index >= 15 is 0 Å². The fourth-order valence-electron chi connectivity index (χ4n) is 3.00. The molecule has 28 heavy (non-hydrogen) atoms. The van der Waals surface area contributed by atoms with Crippen LogP contribution >= 0.6 is 11.8 Å². The third kappa shape index (κ3) is 6.82. The van der Waals surface area contributed by atoms with E-state index in [1.807, 2.05) is 0 Å². The number of nitrogens with one attached hydrogen (secondary N) is 1. The molecule has 0 atom stereocenters. The van der Waals surface area contributed by atoms with Gasteiger partial charge >= 0.3 is 5.97 Å². The predicted octanol–water partition coefficient (Wildman–Crippen LogP) is 2.29. The van der Waals surface area contributed by atoms with Gasteiger partial charge in [0.25, 0.3) is 0 Å². The average molecular weight is 411 g/mol. The van der Waals surface area contributed by atoms with E-state index in [2.05, 4.69) is 10.1 Å². The van der Waals surface area contributed by atoms with Gasteiger partial charge in [-0.25, -0.2) is 4.39 Å². The average Bonchev–Trinajstić information content (AvgIpc) is 2.71. The number of nitrogens with zero attached hydrogens (tertiary/aromatic N) is 1. The van der Waals surface area contributed by atoms with E-state index in [1.54, 1.807) is 24.0 Å². The Morgan fingerprint density at radius 2 is 2.00 bits per heavy atom. The van der Waals surface area contributed by atoms with Crippen LogP contribution in [-0.4, -0.2) is 54.4 Å². The molecular formula is C20H27FN2O4S. The Morgan fingerprint density at radius 1 is 1.29 bits per heavy atom. The van der Waals surface area contributed by atoms with Gasteiger partial charge in [0.1, 0.15) is 5.82 Å². The molecule has 1 heterocycles. The van der Waals surface area contributed by atoms with Crippen molar-refractivity contribution in [3.8, 4) is 0 Å². The topological polar surface area (TPSA) is 75.7 Å². The number of hydrogen-bond acceptors (Lipinski definition) is 5. The summed E-state index contributed by atoms with van der Waals surface area (Å²) in [6, 6.07) is 4.94. The van der Waals surface area contributed by atoms with Crippen molar-refractivity contribution < 1.29 is 23.5 Å². The summed E-state index contributed by atoms with van der Waals surface area (Å²) in [5.41, 5.74) is 1.31. The fourth-order valence-corrected chi connectivity index (χ4v) is 3.75. The summed E-state index contributed by atoms with van der Waals surface area (Å²) in [6.07, 6.45) is 1.61. The van der Waals surface area contributed by atoms with E-state index in [-0.39, 0.29) is 35.3 Å². The fraction of sp³-hybridized carbons (Fsp3) is 0.550. The molecule has 1 aliphatic heterocycles. The minimum absolute atomic E-state index is 0.0476. The van der Waals surface area contributed by atoms with Crippen molar-refractivity contribution in [2.45, 2.75) is 32.7 Å². The van der Waals surface area contributed by atoms with Gasteiger partial charge in [0.2, 0.25) is 11.8 Å².